The Balaban J connectivity index is 0.00000483. The zero-order chi connectivity index (χ0) is 48.7. The van der Waals surface area contributed by atoms with Crippen molar-refractivity contribution in [1.82, 2.24) is 0 Å². The molecule has 0 amide bonds. The normalized spacial score (nSPS) is 11.4. The molecule has 0 spiro atoms. The van der Waals surface area contributed by atoms with E-state index in [1.165, 1.54) is 97.1 Å². The monoisotopic (exact) mass is 934 g/mol. The van der Waals surface area contributed by atoms with Gasteiger partial charge < -0.3 is 28.4 Å². The van der Waals surface area contributed by atoms with Gasteiger partial charge in [-0.1, -0.05) is 68.4 Å². The standard InChI is InChI=1S/C49H42F6O10.C2H6/c50-48(51,52)28-4-30-60-40-22-14-37(15-23-40)46(58)64-42-18-8-34(9-19-42)12-26-44(56)62-32-39(36-6-2-1-3-7-36)33-63-45(57)27-13-35-10-20-43(21-11-35)65-47(59)38-16-24-41(25-17-38)61-31-5-29-49(53,54)55;1-2/h1-3,6-27,39H,4-5,28-33H2;1-2H3/b26-12+,27-13+;. The lowest BCUT2D eigenvalue weighted by atomic mass is 10.0. The molecule has 0 bridgehead atoms. The van der Waals surface area contributed by atoms with E-state index in [2.05, 4.69) is 0 Å². The van der Waals surface area contributed by atoms with Crippen molar-refractivity contribution in [2.75, 3.05) is 26.4 Å². The smallest absolute Gasteiger partial charge is 0.389 e. The Hall–Kier alpha value is -7.36. The van der Waals surface area contributed by atoms with Crippen molar-refractivity contribution in [3.8, 4) is 23.0 Å². The fourth-order valence-electron chi connectivity index (χ4n) is 5.68. The van der Waals surface area contributed by atoms with Gasteiger partial charge in [0.15, 0.2) is 0 Å². The number of esters is 4. The lowest BCUT2D eigenvalue weighted by Gasteiger charge is -2.16. The third-order valence-electron chi connectivity index (χ3n) is 9.06. The molecule has 0 saturated heterocycles. The number of carbonyl (C=O) groups excluding carboxylic acids is 4. The number of halogens is 6. The Morgan fingerprint density at radius 1 is 0.493 bits per heavy atom. The SMILES string of the molecule is CC.O=C(/C=C/c1ccc(OC(=O)c2ccc(OCCCC(F)(F)F)cc2)cc1)OCC(COC(=O)/C=C/c1ccc(OC(=O)c2ccc(OCCCC(F)(F)F)cc2)cc1)c1ccccc1. The molecule has 0 fully saturated rings. The lowest BCUT2D eigenvalue weighted by Crippen LogP contribution is -2.18. The molecule has 0 aliphatic carbocycles. The molecular weight excluding hydrogens is 887 g/mol. The lowest BCUT2D eigenvalue weighted by molar-refractivity contribution is -0.141. The summed E-state index contributed by atoms with van der Waals surface area (Å²) in [6, 6.07) is 33.2. The summed E-state index contributed by atoms with van der Waals surface area (Å²) in [4.78, 5) is 50.5. The van der Waals surface area contributed by atoms with Gasteiger partial charge in [-0.15, -0.1) is 0 Å². The van der Waals surface area contributed by atoms with E-state index in [1.54, 1.807) is 36.4 Å². The summed E-state index contributed by atoms with van der Waals surface area (Å²) in [6.45, 7) is 3.55. The summed E-state index contributed by atoms with van der Waals surface area (Å²) in [5, 5.41) is 0. The van der Waals surface area contributed by atoms with Gasteiger partial charge in [0.25, 0.3) is 0 Å². The predicted octanol–water partition coefficient (Wildman–Crippen LogP) is 12.2. The number of alkyl halides is 6. The van der Waals surface area contributed by atoms with Crippen molar-refractivity contribution < 1.29 is 73.9 Å². The maximum absolute atomic E-state index is 12.7. The summed E-state index contributed by atoms with van der Waals surface area (Å²) in [5.41, 5.74) is 2.37. The first-order valence-corrected chi connectivity index (χ1v) is 21.1. The second-order valence-corrected chi connectivity index (χ2v) is 14.1. The van der Waals surface area contributed by atoms with E-state index in [-0.39, 0.29) is 61.9 Å². The first kappa shape index (κ1) is 52.3. The van der Waals surface area contributed by atoms with Gasteiger partial charge in [-0.3, -0.25) is 0 Å². The van der Waals surface area contributed by atoms with Crippen LogP contribution in [0.2, 0.25) is 0 Å². The van der Waals surface area contributed by atoms with Gasteiger partial charge in [0, 0.05) is 25.0 Å². The van der Waals surface area contributed by atoms with Crippen LogP contribution >= 0.6 is 0 Å². The highest BCUT2D eigenvalue weighted by Crippen LogP contribution is 2.24. The van der Waals surface area contributed by atoms with Crippen LogP contribution in [0.25, 0.3) is 12.2 Å². The van der Waals surface area contributed by atoms with Crippen LogP contribution in [-0.2, 0) is 19.1 Å². The molecule has 354 valence electrons. The van der Waals surface area contributed by atoms with E-state index in [1.807, 2.05) is 32.0 Å². The second-order valence-electron chi connectivity index (χ2n) is 14.1. The summed E-state index contributed by atoms with van der Waals surface area (Å²) < 4.78 is 106. The Morgan fingerprint density at radius 2 is 0.851 bits per heavy atom. The van der Waals surface area contributed by atoms with Gasteiger partial charge in [-0.25, -0.2) is 19.2 Å². The largest absolute Gasteiger partial charge is 0.494 e. The van der Waals surface area contributed by atoms with Crippen LogP contribution in [0.4, 0.5) is 26.3 Å². The Morgan fingerprint density at radius 3 is 1.21 bits per heavy atom. The van der Waals surface area contributed by atoms with E-state index in [0.717, 1.165) is 5.56 Å². The highest BCUT2D eigenvalue weighted by Gasteiger charge is 2.27. The summed E-state index contributed by atoms with van der Waals surface area (Å²) in [7, 11) is 0. The fourth-order valence-corrected chi connectivity index (χ4v) is 5.68. The van der Waals surface area contributed by atoms with Crippen LogP contribution in [0, 0.1) is 0 Å². The summed E-state index contributed by atoms with van der Waals surface area (Å²) in [6.07, 6.45) is -5.33. The molecule has 5 aromatic carbocycles. The van der Waals surface area contributed by atoms with E-state index >= 15 is 0 Å². The third kappa shape index (κ3) is 20.1. The van der Waals surface area contributed by atoms with Crippen molar-refractivity contribution >= 4 is 36.0 Å². The van der Waals surface area contributed by atoms with Crippen LogP contribution in [0.5, 0.6) is 23.0 Å². The Labute approximate surface area is 383 Å². The van der Waals surface area contributed by atoms with Gasteiger partial charge in [0.2, 0.25) is 0 Å². The molecule has 0 heterocycles. The van der Waals surface area contributed by atoms with Crippen LogP contribution in [0.1, 0.15) is 82.9 Å². The molecule has 10 nitrogen and oxygen atoms in total. The maximum Gasteiger partial charge on any atom is 0.389 e. The predicted molar refractivity (Wildman–Crippen MR) is 238 cm³/mol. The van der Waals surface area contributed by atoms with Crippen molar-refractivity contribution in [2.24, 2.45) is 0 Å². The Kier molecular flexibility index (Phi) is 20.7. The molecule has 16 heteroatoms. The second kappa shape index (κ2) is 26.6. The van der Waals surface area contributed by atoms with E-state index in [0.29, 0.717) is 22.6 Å². The number of hydrogen-bond acceptors (Lipinski definition) is 10. The summed E-state index contributed by atoms with van der Waals surface area (Å²) >= 11 is 0. The molecule has 0 aliphatic heterocycles. The number of benzene rings is 5. The minimum absolute atomic E-state index is 0.103. The van der Waals surface area contributed by atoms with Crippen molar-refractivity contribution in [3.05, 3.63) is 167 Å². The molecule has 0 aliphatic rings. The quantitative estimate of drug-likeness (QED) is 0.0231. The molecule has 67 heavy (non-hydrogen) atoms. The number of ether oxygens (including phenoxy) is 6. The Bertz CT molecular complexity index is 2210. The van der Waals surface area contributed by atoms with Gasteiger partial charge in [0.05, 0.1) is 30.3 Å². The minimum atomic E-state index is -4.25. The van der Waals surface area contributed by atoms with E-state index in [4.69, 9.17) is 28.4 Å². The molecule has 0 N–H and O–H groups in total. The number of hydrogen-bond donors (Lipinski definition) is 0. The average molecular weight is 935 g/mol. The maximum atomic E-state index is 12.7. The van der Waals surface area contributed by atoms with Crippen LogP contribution in [-0.4, -0.2) is 62.7 Å². The molecule has 0 unspecified atom stereocenters. The first-order chi connectivity index (χ1) is 32.1. The molecule has 5 rings (SSSR count). The van der Waals surface area contributed by atoms with Crippen molar-refractivity contribution in [2.45, 2.75) is 57.8 Å². The highest BCUT2D eigenvalue weighted by molar-refractivity contribution is 5.92. The number of rotatable bonds is 21. The van der Waals surface area contributed by atoms with Crippen molar-refractivity contribution in [1.29, 1.82) is 0 Å². The minimum Gasteiger partial charge on any atom is -0.494 e. The first-order valence-electron chi connectivity index (χ1n) is 21.1. The molecule has 0 atom stereocenters. The highest BCUT2D eigenvalue weighted by atomic mass is 19.4. The fraction of sp³-hybridized carbons (Fsp3) is 0.255. The van der Waals surface area contributed by atoms with Crippen LogP contribution < -0.4 is 18.9 Å². The van der Waals surface area contributed by atoms with Crippen LogP contribution in [0.3, 0.4) is 0 Å². The zero-order valence-electron chi connectivity index (χ0n) is 36.5. The molecule has 0 radical (unpaired) electrons. The molecule has 0 aromatic heterocycles. The number of carbonyl (C=O) groups is 4. The zero-order valence-corrected chi connectivity index (χ0v) is 36.5. The topological polar surface area (TPSA) is 124 Å². The van der Waals surface area contributed by atoms with Gasteiger partial charge >= 0.3 is 36.2 Å². The van der Waals surface area contributed by atoms with E-state index < -0.39 is 55.0 Å². The van der Waals surface area contributed by atoms with E-state index in [9.17, 15) is 45.5 Å². The van der Waals surface area contributed by atoms with Gasteiger partial charge in [0.1, 0.15) is 36.2 Å². The average Bonchev–Trinajstić information content (AvgIpc) is 3.32. The third-order valence-corrected chi connectivity index (χ3v) is 9.06. The molecule has 0 saturated carbocycles. The summed E-state index contributed by atoms with van der Waals surface area (Å²) in [5.74, 6) is -2.03. The van der Waals surface area contributed by atoms with Gasteiger partial charge in [-0.2, -0.15) is 26.3 Å². The van der Waals surface area contributed by atoms with Crippen molar-refractivity contribution in [3.63, 3.8) is 0 Å². The van der Waals surface area contributed by atoms with Crippen LogP contribution in [0.15, 0.2) is 140 Å². The van der Waals surface area contributed by atoms with Gasteiger partial charge in [-0.05, 0) is 114 Å². The molecule has 5 aromatic rings. The molecular formula is C51H48F6O10.